The zero-order valence-electron chi connectivity index (χ0n) is 13.0. The highest BCUT2D eigenvalue weighted by Gasteiger charge is 2.54. The highest BCUT2D eigenvalue weighted by Crippen LogP contribution is 2.38. The van der Waals surface area contributed by atoms with Crippen molar-refractivity contribution in [2.45, 2.75) is 31.4 Å². The number of nitrogens with zero attached hydrogens (tertiary/aromatic N) is 2. The third-order valence-electron chi connectivity index (χ3n) is 5.02. The molecule has 23 heavy (non-hydrogen) atoms. The number of carbonyl (C=O) groups excluding carboxylic acids is 2. The van der Waals surface area contributed by atoms with E-state index in [0.29, 0.717) is 18.5 Å². The molecule has 2 N–H and O–H groups in total. The molecule has 1 aromatic heterocycles. The molecule has 1 unspecified atom stereocenters. The van der Waals surface area contributed by atoms with Gasteiger partial charge in [0.1, 0.15) is 5.54 Å². The third-order valence-corrected chi connectivity index (χ3v) is 5.02. The maximum absolute atomic E-state index is 12.3. The van der Waals surface area contributed by atoms with Gasteiger partial charge in [-0.25, -0.2) is 4.79 Å². The van der Waals surface area contributed by atoms with Crippen molar-refractivity contribution < 1.29 is 14.7 Å². The van der Waals surface area contributed by atoms with Crippen LogP contribution in [-0.2, 0) is 17.6 Å². The number of hydrogen-bond donors (Lipinski definition) is 2. The van der Waals surface area contributed by atoms with Crippen LogP contribution < -0.4 is 5.32 Å². The Morgan fingerprint density at radius 2 is 1.96 bits per heavy atom. The van der Waals surface area contributed by atoms with Gasteiger partial charge in [0.25, 0.3) is 5.91 Å². The normalized spacial score (nSPS) is 24.4. The number of pyridine rings is 1. The second-order valence-electron chi connectivity index (χ2n) is 6.43. The summed E-state index contributed by atoms with van der Waals surface area (Å²) in [4.78, 5) is 30.1. The number of aliphatic hydroxyl groups excluding tert-OH is 1. The Hall–Kier alpha value is -2.47. The number of aliphatic hydroxyl groups is 1. The molecule has 2 aromatic rings. The summed E-state index contributed by atoms with van der Waals surface area (Å²) in [5, 5.41) is 13.1. The van der Waals surface area contributed by atoms with E-state index in [1.165, 1.54) is 4.90 Å². The second-order valence-corrected chi connectivity index (χ2v) is 6.43. The number of likely N-dealkylation sites (N-methyl/N-ethyl adjacent to an activating group) is 1. The van der Waals surface area contributed by atoms with Crippen LogP contribution in [0.3, 0.4) is 0 Å². The van der Waals surface area contributed by atoms with Crippen LogP contribution in [0.5, 0.6) is 0 Å². The first-order valence-electron chi connectivity index (χ1n) is 7.60. The zero-order chi connectivity index (χ0) is 16.4. The van der Waals surface area contributed by atoms with E-state index < -0.39 is 11.6 Å². The molecule has 1 fully saturated rings. The van der Waals surface area contributed by atoms with E-state index in [9.17, 15) is 14.7 Å². The first kappa shape index (κ1) is 14.1. The predicted octanol–water partition coefficient (Wildman–Crippen LogP) is 1.31. The van der Waals surface area contributed by atoms with Gasteiger partial charge in [0, 0.05) is 25.3 Å². The molecule has 3 amide bonds. The Balaban J connectivity index is 1.81. The average Bonchev–Trinajstić information content (AvgIpc) is 2.98. The van der Waals surface area contributed by atoms with Crippen LogP contribution >= 0.6 is 0 Å². The summed E-state index contributed by atoms with van der Waals surface area (Å²) >= 11 is 0. The standard InChI is InChI=1S/C17H17N3O3/c1-9(21)13-4-3-10-5-11-7-17(8-12(11)6-14(10)18-13)15(22)19-16(23)20(17)2/h3-6,9,21H,7-8H2,1-2H3,(H,19,22,23)/t9?,17-/m1/s1. The van der Waals surface area contributed by atoms with E-state index in [-0.39, 0.29) is 11.9 Å². The number of imide groups is 1. The summed E-state index contributed by atoms with van der Waals surface area (Å²) in [5.74, 6) is -0.233. The van der Waals surface area contributed by atoms with E-state index in [0.717, 1.165) is 22.0 Å². The lowest BCUT2D eigenvalue weighted by Crippen LogP contribution is -2.48. The van der Waals surface area contributed by atoms with Crippen molar-refractivity contribution in [1.82, 2.24) is 15.2 Å². The highest BCUT2D eigenvalue weighted by molar-refractivity contribution is 6.07. The van der Waals surface area contributed by atoms with Crippen LogP contribution in [0.15, 0.2) is 24.3 Å². The van der Waals surface area contributed by atoms with Gasteiger partial charge < -0.3 is 10.0 Å². The van der Waals surface area contributed by atoms with E-state index in [2.05, 4.69) is 10.3 Å². The van der Waals surface area contributed by atoms with Gasteiger partial charge in [-0.2, -0.15) is 0 Å². The van der Waals surface area contributed by atoms with E-state index in [1.807, 2.05) is 24.3 Å². The minimum absolute atomic E-state index is 0.233. The summed E-state index contributed by atoms with van der Waals surface area (Å²) in [6, 6.07) is 7.39. The molecule has 1 aliphatic heterocycles. The second kappa shape index (κ2) is 4.52. The van der Waals surface area contributed by atoms with Crippen molar-refractivity contribution in [3.05, 3.63) is 41.1 Å². The molecule has 2 atom stereocenters. The quantitative estimate of drug-likeness (QED) is 0.778. The average molecular weight is 311 g/mol. The van der Waals surface area contributed by atoms with Gasteiger partial charge in [0.05, 0.1) is 17.3 Å². The Kier molecular flexibility index (Phi) is 2.78. The monoisotopic (exact) mass is 311 g/mol. The Morgan fingerprint density at radius 1 is 1.26 bits per heavy atom. The largest absolute Gasteiger partial charge is 0.387 e. The number of fused-ring (bicyclic) bond motifs is 2. The smallest absolute Gasteiger partial charge is 0.324 e. The molecule has 2 heterocycles. The summed E-state index contributed by atoms with van der Waals surface area (Å²) in [6.45, 7) is 1.68. The van der Waals surface area contributed by atoms with Crippen molar-refractivity contribution in [2.24, 2.45) is 0 Å². The molecule has 118 valence electrons. The molecule has 2 aliphatic rings. The molecule has 1 aromatic carbocycles. The van der Waals surface area contributed by atoms with E-state index >= 15 is 0 Å². The van der Waals surface area contributed by atoms with Crippen molar-refractivity contribution in [3.63, 3.8) is 0 Å². The van der Waals surface area contributed by atoms with Gasteiger partial charge in [-0.15, -0.1) is 0 Å². The number of carbonyl (C=O) groups is 2. The van der Waals surface area contributed by atoms with Gasteiger partial charge in [-0.1, -0.05) is 6.07 Å². The van der Waals surface area contributed by atoms with Crippen molar-refractivity contribution in [1.29, 1.82) is 0 Å². The molecular formula is C17H17N3O3. The topological polar surface area (TPSA) is 82.5 Å². The minimum atomic E-state index is -0.816. The van der Waals surface area contributed by atoms with Gasteiger partial charge >= 0.3 is 6.03 Å². The Morgan fingerprint density at radius 3 is 2.57 bits per heavy atom. The first-order chi connectivity index (χ1) is 10.9. The lowest BCUT2D eigenvalue weighted by molar-refractivity contribution is -0.125. The molecule has 1 aliphatic carbocycles. The summed E-state index contributed by atoms with van der Waals surface area (Å²) < 4.78 is 0. The number of hydrogen-bond acceptors (Lipinski definition) is 4. The summed E-state index contributed by atoms with van der Waals surface area (Å²) in [5.41, 5.74) is 2.71. The number of aromatic nitrogens is 1. The number of nitrogens with one attached hydrogen (secondary N) is 1. The van der Waals surface area contributed by atoms with Crippen LogP contribution in [0.2, 0.25) is 0 Å². The molecule has 6 heteroatoms. The molecular weight excluding hydrogens is 294 g/mol. The van der Waals surface area contributed by atoms with Crippen molar-refractivity contribution in [2.75, 3.05) is 7.05 Å². The molecule has 1 spiro atoms. The van der Waals surface area contributed by atoms with Crippen LogP contribution in [0.4, 0.5) is 4.79 Å². The fourth-order valence-corrected chi connectivity index (χ4v) is 3.57. The van der Waals surface area contributed by atoms with Crippen LogP contribution in [0.25, 0.3) is 10.9 Å². The predicted molar refractivity (Wildman–Crippen MR) is 83.8 cm³/mol. The molecule has 0 radical (unpaired) electrons. The van der Waals surface area contributed by atoms with Gasteiger partial charge in [-0.3, -0.25) is 15.1 Å². The maximum atomic E-state index is 12.3. The highest BCUT2D eigenvalue weighted by atomic mass is 16.3. The molecule has 0 saturated carbocycles. The lowest BCUT2D eigenvalue weighted by Gasteiger charge is -2.27. The van der Waals surface area contributed by atoms with Crippen LogP contribution in [-0.4, -0.2) is 39.5 Å². The number of rotatable bonds is 1. The van der Waals surface area contributed by atoms with Crippen LogP contribution in [0, 0.1) is 0 Å². The van der Waals surface area contributed by atoms with Crippen molar-refractivity contribution >= 4 is 22.8 Å². The SMILES string of the molecule is CC(O)c1ccc2cc3c(cc2n1)C[C@]1(C3)C(=O)NC(=O)N1C. The van der Waals surface area contributed by atoms with Gasteiger partial charge in [0.2, 0.25) is 0 Å². The number of benzene rings is 1. The molecule has 1 saturated heterocycles. The van der Waals surface area contributed by atoms with Gasteiger partial charge in [-0.05, 0) is 36.2 Å². The summed E-state index contributed by atoms with van der Waals surface area (Å²) in [6.07, 6.45) is 0.389. The zero-order valence-corrected chi connectivity index (χ0v) is 13.0. The molecule has 0 bridgehead atoms. The van der Waals surface area contributed by atoms with E-state index in [1.54, 1.807) is 14.0 Å². The van der Waals surface area contributed by atoms with Gasteiger partial charge in [0.15, 0.2) is 0 Å². The fourth-order valence-electron chi connectivity index (χ4n) is 3.57. The Bertz CT molecular complexity index is 862. The van der Waals surface area contributed by atoms with E-state index in [4.69, 9.17) is 0 Å². The Labute approximate surface area is 133 Å². The molecule has 6 nitrogen and oxygen atoms in total. The van der Waals surface area contributed by atoms with Crippen LogP contribution in [0.1, 0.15) is 29.8 Å². The first-order valence-corrected chi connectivity index (χ1v) is 7.60. The fraction of sp³-hybridized carbons (Fsp3) is 0.353. The summed E-state index contributed by atoms with van der Waals surface area (Å²) in [7, 11) is 1.66. The number of amides is 3. The minimum Gasteiger partial charge on any atom is -0.387 e. The number of urea groups is 1. The maximum Gasteiger partial charge on any atom is 0.324 e. The molecule has 4 rings (SSSR count). The van der Waals surface area contributed by atoms with Crippen molar-refractivity contribution in [3.8, 4) is 0 Å². The third kappa shape index (κ3) is 1.88. The lowest BCUT2D eigenvalue weighted by atomic mass is 9.95.